The molecule has 1 aromatic carbocycles. The molecule has 1 aliphatic heterocycles. The van der Waals surface area contributed by atoms with E-state index in [-0.39, 0.29) is 23.6 Å². The van der Waals surface area contributed by atoms with E-state index in [0.29, 0.717) is 11.4 Å². The number of aromatic nitrogens is 1. The van der Waals surface area contributed by atoms with Crippen molar-refractivity contribution in [3.63, 3.8) is 0 Å². The highest BCUT2D eigenvalue weighted by Gasteiger charge is 2.32. The van der Waals surface area contributed by atoms with Crippen molar-refractivity contribution in [2.45, 2.75) is 6.92 Å². The molecule has 2 heterocycles. The second-order valence-corrected chi connectivity index (χ2v) is 5.49. The number of nitrogens with two attached hydrogens (primary N) is 1. The number of ether oxygens (including phenoxy) is 1. The molecule has 0 saturated carbocycles. The molecule has 0 unspecified atom stereocenters. The standard InChI is InChI=1S/C17H15N3O4/c1-9(2)8-24-12-6-4-3-5-11(12)20-13(21)7-10-14(15(20)18)17(23)19-16(10)22/h3-7H,1,8,18H2,2H3,(H,19,22,23). The first kappa shape index (κ1) is 15.5. The predicted octanol–water partition coefficient (Wildman–Crippen LogP) is 1.26. The molecule has 0 fully saturated rings. The van der Waals surface area contributed by atoms with Crippen LogP contribution in [0.2, 0.25) is 0 Å². The maximum absolute atomic E-state index is 12.5. The quantitative estimate of drug-likeness (QED) is 0.650. The van der Waals surface area contributed by atoms with Crippen molar-refractivity contribution in [3.05, 3.63) is 64.0 Å². The van der Waals surface area contributed by atoms with Gasteiger partial charge in [-0.1, -0.05) is 18.7 Å². The lowest BCUT2D eigenvalue weighted by atomic mass is 10.1. The number of hydrogen-bond donors (Lipinski definition) is 2. The molecule has 1 aromatic heterocycles. The summed E-state index contributed by atoms with van der Waals surface area (Å²) in [4.78, 5) is 36.1. The van der Waals surface area contributed by atoms with Gasteiger partial charge < -0.3 is 10.5 Å². The third kappa shape index (κ3) is 2.45. The Morgan fingerprint density at radius 2 is 1.96 bits per heavy atom. The van der Waals surface area contributed by atoms with E-state index >= 15 is 0 Å². The molecule has 0 aliphatic carbocycles. The lowest BCUT2D eigenvalue weighted by Gasteiger charge is -2.16. The van der Waals surface area contributed by atoms with Crippen LogP contribution in [0.25, 0.3) is 5.69 Å². The number of nitrogen functional groups attached to an aromatic ring is 1. The smallest absolute Gasteiger partial charge is 0.262 e. The Morgan fingerprint density at radius 1 is 1.25 bits per heavy atom. The minimum atomic E-state index is -0.627. The molecule has 7 nitrogen and oxygen atoms in total. The van der Waals surface area contributed by atoms with Gasteiger partial charge in [0, 0.05) is 6.07 Å². The van der Waals surface area contributed by atoms with E-state index in [2.05, 4.69) is 11.9 Å². The van der Waals surface area contributed by atoms with Crippen molar-refractivity contribution in [1.29, 1.82) is 0 Å². The van der Waals surface area contributed by atoms with E-state index < -0.39 is 17.4 Å². The average Bonchev–Trinajstić information content (AvgIpc) is 2.80. The summed E-state index contributed by atoms with van der Waals surface area (Å²) >= 11 is 0. The number of fused-ring (bicyclic) bond motifs is 1. The zero-order chi connectivity index (χ0) is 17.4. The summed E-state index contributed by atoms with van der Waals surface area (Å²) < 4.78 is 6.81. The van der Waals surface area contributed by atoms with Gasteiger partial charge in [0.25, 0.3) is 17.4 Å². The van der Waals surface area contributed by atoms with Crippen molar-refractivity contribution in [1.82, 2.24) is 9.88 Å². The fourth-order valence-electron chi connectivity index (χ4n) is 2.49. The molecular formula is C17H15N3O4. The molecule has 0 saturated heterocycles. The Labute approximate surface area is 137 Å². The largest absolute Gasteiger partial charge is 0.487 e. The maximum atomic E-state index is 12.5. The van der Waals surface area contributed by atoms with Gasteiger partial charge in [0.1, 0.15) is 18.2 Å². The van der Waals surface area contributed by atoms with Crippen molar-refractivity contribution >= 4 is 17.6 Å². The molecule has 122 valence electrons. The summed E-state index contributed by atoms with van der Waals surface area (Å²) in [5, 5.41) is 2.13. The molecule has 3 N–H and O–H groups in total. The highest BCUT2D eigenvalue weighted by atomic mass is 16.5. The van der Waals surface area contributed by atoms with E-state index in [9.17, 15) is 14.4 Å². The van der Waals surface area contributed by atoms with E-state index in [1.165, 1.54) is 0 Å². The Bertz CT molecular complexity index is 943. The topological polar surface area (TPSA) is 103 Å². The summed E-state index contributed by atoms with van der Waals surface area (Å²) in [5.74, 6) is -0.939. The van der Waals surface area contributed by atoms with Gasteiger partial charge in [-0.15, -0.1) is 0 Å². The zero-order valence-electron chi connectivity index (χ0n) is 13.0. The number of imide groups is 1. The van der Waals surface area contributed by atoms with E-state index in [0.717, 1.165) is 16.2 Å². The number of anilines is 1. The monoisotopic (exact) mass is 325 g/mol. The minimum absolute atomic E-state index is 0.00527. The number of para-hydroxylation sites is 2. The van der Waals surface area contributed by atoms with Crippen LogP contribution in [0, 0.1) is 0 Å². The van der Waals surface area contributed by atoms with E-state index in [4.69, 9.17) is 10.5 Å². The number of rotatable bonds is 4. The van der Waals surface area contributed by atoms with Crippen LogP contribution in [0.15, 0.2) is 47.3 Å². The van der Waals surface area contributed by atoms with Gasteiger partial charge in [0.2, 0.25) is 0 Å². The van der Waals surface area contributed by atoms with Crippen LogP contribution < -0.4 is 21.3 Å². The molecule has 0 radical (unpaired) electrons. The molecule has 2 amide bonds. The summed E-state index contributed by atoms with van der Waals surface area (Å²) in [5.41, 5.74) is 6.67. The van der Waals surface area contributed by atoms with Crippen LogP contribution >= 0.6 is 0 Å². The summed E-state index contributed by atoms with van der Waals surface area (Å²) in [6.45, 7) is 5.85. The molecule has 2 aromatic rings. The maximum Gasteiger partial charge on any atom is 0.262 e. The average molecular weight is 325 g/mol. The van der Waals surface area contributed by atoms with Crippen molar-refractivity contribution < 1.29 is 14.3 Å². The molecule has 24 heavy (non-hydrogen) atoms. The number of benzene rings is 1. The molecule has 7 heteroatoms. The van der Waals surface area contributed by atoms with Crippen molar-refractivity contribution in [2.24, 2.45) is 0 Å². The normalized spacial score (nSPS) is 12.7. The Morgan fingerprint density at radius 3 is 2.67 bits per heavy atom. The molecule has 3 rings (SSSR count). The van der Waals surface area contributed by atoms with E-state index in [1.807, 2.05) is 6.92 Å². The van der Waals surface area contributed by atoms with Crippen LogP contribution in [0.1, 0.15) is 27.6 Å². The van der Waals surface area contributed by atoms with Gasteiger partial charge in [0.15, 0.2) is 0 Å². The summed E-state index contributed by atoms with van der Waals surface area (Å²) in [6, 6.07) is 7.89. The first-order chi connectivity index (χ1) is 11.4. The highest BCUT2D eigenvalue weighted by molar-refractivity contribution is 6.23. The third-order valence-electron chi connectivity index (χ3n) is 3.53. The fourth-order valence-corrected chi connectivity index (χ4v) is 2.49. The number of nitrogens with one attached hydrogen (secondary N) is 1. The lowest BCUT2D eigenvalue weighted by molar-refractivity contribution is 0.0880. The Kier molecular flexibility index (Phi) is 3.69. The summed E-state index contributed by atoms with van der Waals surface area (Å²) in [6.07, 6.45) is 0. The lowest BCUT2D eigenvalue weighted by Crippen LogP contribution is -2.24. The minimum Gasteiger partial charge on any atom is -0.487 e. The number of carbonyl (C=O) groups is 2. The van der Waals surface area contributed by atoms with Gasteiger partial charge >= 0.3 is 0 Å². The Balaban J connectivity index is 2.20. The van der Waals surface area contributed by atoms with Crippen molar-refractivity contribution in [3.8, 4) is 11.4 Å². The fraction of sp³-hybridized carbons (Fsp3) is 0.118. The number of nitrogens with zero attached hydrogens (tertiary/aromatic N) is 1. The molecule has 0 bridgehead atoms. The molecule has 0 atom stereocenters. The number of hydrogen-bond acceptors (Lipinski definition) is 5. The number of carbonyl (C=O) groups excluding carboxylic acids is 2. The van der Waals surface area contributed by atoms with Gasteiger partial charge in [-0.05, 0) is 24.6 Å². The van der Waals surface area contributed by atoms with Crippen LogP contribution in [-0.4, -0.2) is 23.0 Å². The molecular weight excluding hydrogens is 310 g/mol. The Hall–Kier alpha value is -3.35. The predicted molar refractivity (Wildman–Crippen MR) is 88.6 cm³/mol. The molecule has 0 spiro atoms. The second-order valence-electron chi connectivity index (χ2n) is 5.49. The van der Waals surface area contributed by atoms with Gasteiger partial charge in [-0.2, -0.15) is 0 Å². The number of amides is 2. The van der Waals surface area contributed by atoms with Crippen LogP contribution in [0.3, 0.4) is 0 Å². The molecule has 1 aliphatic rings. The van der Waals surface area contributed by atoms with Crippen LogP contribution in [0.4, 0.5) is 5.82 Å². The zero-order valence-corrected chi connectivity index (χ0v) is 13.0. The SMILES string of the molecule is C=C(C)COc1ccccc1-n1c(N)c2c(cc1=O)C(=O)NC2=O. The first-order valence-electron chi connectivity index (χ1n) is 7.18. The van der Waals surface area contributed by atoms with Gasteiger partial charge in [-0.3, -0.25) is 24.3 Å². The van der Waals surface area contributed by atoms with Gasteiger partial charge in [0.05, 0.1) is 16.8 Å². The van der Waals surface area contributed by atoms with Gasteiger partial charge in [-0.25, -0.2) is 0 Å². The van der Waals surface area contributed by atoms with Crippen LogP contribution in [0.5, 0.6) is 5.75 Å². The highest BCUT2D eigenvalue weighted by Crippen LogP contribution is 2.27. The number of pyridine rings is 1. The second kappa shape index (κ2) is 5.69. The summed E-state index contributed by atoms with van der Waals surface area (Å²) in [7, 11) is 0. The first-order valence-corrected chi connectivity index (χ1v) is 7.18. The van der Waals surface area contributed by atoms with E-state index in [1.54, 1.807) is 24.3 Å². The third-order valence-corrected chi connectivity index (χ3v) is 3.53. The van der Waals surface area contributed by atoms with Crippen LogP contribution in [-0.2, 0) is 0 Å². The van der Waals surface area contributed by atoms with Crippen molar-refractivity contribution in [2.75, 3.05) is 12.3 Å².